The topological polar surface area (TPSA) is 57.6 Å². The Labute approximate surface area is 127 Å². The predicted molar refractivity (Wildman–Crippen MR) is 83.6 cm³/mol. The standard InChI is InChI=1S/C16H25NO3S/c1-11(2)17(9-14-5-6-14)21(19,20)16-8-15(10-18)7-12(3)13(16)4/h7-8,11,14,18H,5-6,9-10H2,1-4H3. The maximum atomic E-state index is 13.0. The normalized spacial score (nSPS) is 16.0. The first kappa shape index (κ1) is 16.5. The Balaban J connectivity index is 2.48. The van der Waals surface area contributed by atoms with Crippen LogP contribution in [0.15, 0.2) is 17.0 Å². The smallest absolute Gasteiger partial charge is 0.243 e. The van der Waals surface area contributed by atoms with Gasteiger partial charge in [-0.25, -0.2) is 8.42 Å². The summed E-state index contributed by atoms with van der Waals surface area (Å²) in [4.78, 5) is 0.334. The molecule has 0 bridgehead atoms. The summed E-state index contributed by atoms with van der Waals surface area (Å²) in [6.45, 7) is 8.00. The van der Waals surface area contributed by atoms with Gasteiger partial charge < -0.3 is 5.11 Å². The second-order valence-electron chi connectivity index (χ2n) is 6.31. The summed E-state index contributed by atoms with van der Waals surface area (Å²) in [5.41, 5.74) is 2.32. The molecule has 0 radical (unpaired) electrons. The lowest BCUT2D eigenvalue weighted by atomic mass is 10.1. The molecule has 4 nitrogen and oxygen atoms in total. The van der Waals surface area contributed by atoms with E-state index in [0.29, 0.717) is 22.9 Å². The van der Waals surface area contributed by atoms with Crippen molar-refractivity contribution >= 4 is 10.0 Å². The van der Waals surface area contributed by atoms with Crippen LogP contribution in [0, 0.1) is 19.8 Å². The largest absolute Gasteiger partial charge is 0.392 e. The van der Waals surface area contributed by atoms with Crippen LogP contribution in [0.5, 0.6) is 0 Å². The molecule has 0 aromatic heterocycles. The zero-order valence-corrected chi connectivity index (χ0v) is 14.1. The summed E-state index contributed by atoms with van der Waals surface area (Å²) in [7, 11) is -3.52. The van der Waals surface area contributed by atoms with E-state index in [1.807, 2.05) is 33.8 Å². The van der Waals surface area contributed by atoms with Gasteiger partial charge in [-0.2, -0.15) is 4.31 Å². The molecular weight excluding hydrogens is 286 g/mol. The highest BCUT2D eigenvalue weighted by molar-refractivity contribution is 7.89. The van der Waals surface area contributed by atoms with Crippen LogP contribution in [0.3, 0.4) is 0 Å². The molecule has 0 amide bonds. The third-order valence-corrected chi connectivity index (χ3v) is 6.33. The average molecular weight is 311 g/mol. The van der Waals surface area contributed by atoms with Crippen molar-refractivity contribution in [2.45, 2.75) is 58.1 Å². The Morgan fingerprint density at radius 3 is 2.38 bits per heavy atom. The zero-order valence-electron chi connectivity index (χ0n) is 13.3. The van der Waals surface area contributed by atoms with Crippen LogP contribution in [-0.4, -0.2) is 30.4 Å². The first-order chi connectivity index (χ1) is 9.77. The van der Waals surface area contributed by atoms with E-state index in [1.54, 1.807) is 10.4 Å². The zero-order chi connectivity index (χ0) is 15.8. The van der Waals surface area contributed by atoms with Gasteiger partial charge in [0.25, 0.3) is 0 Å². The van der Waals surface area contributed by atoms with Crippen molar-refractivity contribution in [3.05, 3.63) is 28.8 Å². The number of hydrogen-bond acceptors (Lipinski definition) is 3. The molecule has 2 rings (SSSR count). The van der Waals surface area contributed by atoms with Crippen molar-refractivity contribution in [1.29, 1.82) is 0 Å². The molecule has 1 aliphatic carbocycles. The predicted octanol–water partition coefficient (Wildman–Crippen LogP) is 2.60. The highest BCUT2D eigenvalue weighted by Crippen LogP contribution is 2.33. The molecule has 1 saturated carbocycles. The molecule has 1 aliphatic rings. The summed E-state index contributed by atoms with van der Waals surface area (Å²) in [6, 6.07) is 3.39. The average Bonchev–Trinajstić information content (AvgIpc) is 3.22. The van der Waals surface area contributed by atoms with E-state index in [2.05, 4.69) is 0 Å². The Kier molecular flexibility index (Phi) is 4.76. The summed E-state index contributed by atoms with van der Waals surface area (Å²) in [6.07, 6.45) is 2.24. The molecule has 0 atom stereocenters. The van der Waals surface area contributed by atoms with Crippen LogP contribution < -0.4 is 0 Å². The van der Waals surface area contributed by atoms with Crippen molar-refractivity contribution in [3.63, 3.8) is 0 Å². The molecule has 1 aromatic carbocycles. The van der Waals surface area contributed by atoms with Gasteiger partial charge in [0.2, 0.25) is 10.0 Å². The van der Waals surface area contributed by atoms with E-state index in [9.17, 15) is 13.5 Å². The van der Waals surface area contributed by atoms with E-state index in [-0.39, 0.29) is 12.6 Å². The van der Waals surface area contributed by atoms with Gasteiger partial charge >= 0.3 is 0 Å². The summed E-state index contributed by atoms with van der Waals surface area (Å²) >= 11 is 0. The lowest BCUT2D eigenvalue weighted by Gasteiger charge is -2.27. The van der Waals surface area contributed by atoms with E-state index in [4.69, 9.17) is 0 Å². The molecule has 0 saturated heterocycles. The van der Waals surface area contributed by atoms with E-state index in [1.165, 1.54) is 0 Å². The van der Waals surface area contributed by atoms with Gasteiger partial charge in [-0.1, -0.05) is 6.07 Å². The number of rotatable bonds is 6. The van der Waals surface area contributed by atoms with Crippen molar-refractivity contribution in [2.75, 3.05) is 6.54 Å². The lowest BCUT2D eigenvalue weighted by molar-refractivity contribution is 0.281. The minimum Gasteiger partial charge on any atom is -0.392 e. The summed E-state index contributed by atoms with van der Waals surface area (Å²) < 4.78 is 27.6. The molecule has 21 heavy (non-hydrogen) atoms. The van der Waals surface area contributed by atoms with Gasteiger partial charge in [-0.3, -0.25) is 0 Å². The lowest BCUT2D eigenvalue weighted by Crippen LogP contribution is -2.38. The fourth-order valence-electron chi connectivity index (χ4n) is 2.53. The Hall–Kier alpha value is -0.910. The highest BCUT2D eigenvalue weighted by Gasteiger charge is 2.34. The fraction of sp³-hybridized carbons (Fsp3) is 0.625. The van der Waals surface area contributed by atoms with Crippen molar-refractivity contribution in [3.8, 4) is 0 Å². The van der Waals surface area contributed by atoms with Gasteiger partial charge in [0.05, 0.1) is 11.5 Å². The quantitative estimate of drug-likeness (QED) is 0.878. The number of nitrogens with zero attached hydrogens (tertiary/aromatic N) is 1. The highest BCUT2D eigenvalue weighted by atomic mass is 32.2. The Morgan fingerprint density at radius 2 is 1.90 bits per heavy atom. The van der Waals surface area contributed by atoms with Gasteiger partial charge in [0.15, 0.2) is 0 Å². The Bertz CT molecular complexity index is 619. The molecular formula is C16H25NO3S. The number of hydrogen-bond donors (Lipinski definition) is 1. The van der Waals surface area contributed by atoms with E-state index < -0.39 is 10.0 Å². The van der Waals surface area contributed by atoms with Crippen molar-refractivity contribution < 1.29 is 13.5 Å². The summed E-state index contributed by atoms with van der Waals surface area (Å²) in [5, 5.41) is 9.34. The molecule has 1 aromatic rings. The maximum Gasteiger partial charge on any atom is 0.243 e. The minimum absolute atomic E-state index is 0.0620. The second-order valence-corrected chi connectivity index (χ2v) is 8.16. The third kappa shape index (κ3) is 3.47. The number of aryl methyl sites for hydroxylation is 1. The monoisotopic (exact) mass is 311 g/mol. The second kappa shape index (κ2) is 6.07. The maximum absolute atomic E-state index is 13.0. The van der Waals surface area contributed by atoms with Crippen LogP contribution >= 0.6 is 0 Å². The molecule has 5 heteroatoms. The van der Waals surface area contributed by atoms with Crippen molar-refractivity contribution in [2.24, 2.45) is 5.92 Å². The van der Waals surface area contributed by atoms with Gasteiger partial charge in [-0.15, -0.1) is 0 Å². The van der Waals surface area contributed by atoms with Crippen LogP contribution in [0.25, 0.3) is 0 Å². The van der Waals surface area contributed by atoms with Crippen LogP contribution in [-0.2, 0) is 16.6 Å². The summed E-state index contributed by atoms with van der Waals surface area (Å²) in [5.74, 6) is 0.504. The molecule has 1 fully saturated rings. The number of sulfonamides is 1. The molecule has 0 unspecified atom stereocenters. The number of aliphatic hydroxyl groups excluding tert-OH is 1. The first-order valence-corrected chi connectivity index (χ1v) is 8.94. The fourth-order valence-corrected chi connectivity index (χ4v) is 4.59. The minimum atomic E-state index is -3.52. The van der Waals surface area contributed by atoms with Gasteiger partial charge in [0.1, 0.15) is 0 Å². The molecule has 1 N–H and O–H groups in total. The van der Waals surface area contributed by atoms with Crippen LogP contribution in [0.2, 0.25) is 0 Å². The number of benzene rings is 1. The molecule has 0 heterocycles. The van der Waals surface area contributed by atoms with Gasteiger partial charge in [-0.05, 0) is 69.2 Å². The third-order valence-electron chi connectivity index (χ3n) is 4.16. The molecule has 0 spiro atoms. The van der Waals surface area contributed by atoms with E-state index in [0.717, 1.165) is 24.0 Å². The van der Waals surface area contributed by atoms with E-state index >= 15 is 0 Å². The van der Waals surface area contributed by atoms with Crippen LogP contribution in [0.1, 0.15) is 43.4 Å². The molecule has 0 aliphatic heterocycles. The Morgan fingerprint density at radius 1 is 1.29 bits per heavy atom. The number of aliphatic hydroxyl groups is 1. The first-order valence-electron chi connectivity index (χ1n) is 7.50. The molecule has 118 valence electrons. The van der Waals surface area contributed by atoms with Gasteiger partial charge in [0, 0.05) is 12.6 Å². The van der Waals surface area contributed by atoms with Crippen LogP contribution in [0.4, 0.5) is 0 Å². The van der Waals surface area contributed by atoms with Crippen molar-refractivity contribution in [1.82, 2.24) is 4.31 Å². The SMILES string of the molecule is Cc1cc(CO)cc(S(=O)(=O)N(CC2CC2)C(C)C)c1C.